The second kappa shape index (κ2) is 5.19. The quantitative estimate of drug-likeness (QED) is 0.649. The van der Waals surface area contributed by atoms with Crippen LogP contribution in [0.25, 0.3) is 11.0 Å². The van der Waals surface area contributed by atoms with Gasteiger partial charge in [-0.3, -0.25) is 0 Å². The van der Waals surface area contributed by atoms with E-state index in [1.165, 1.54) is 18.2 Å². The van der Waals surface area contributed by atoms with Crippen LogP contribution in [0.3, 0.4) is 0 Å². The lowest BCUT2D eigenvalue weighted by atomic mass is 10.2. The van der Waals surface area contributed by atoms with Crippen molar-refractivity contribution >= 4 is 34.4 Å². The fourth-order valence-corrected chi connectivity index (χ4v) is 1.87. The van der Waals surface area contributed by atoms with E-state index in [-0.39, 0.29) is 29.0 Å². The maximum Gasteiger partial charge on any atom is 0.365 e. The molecular weight excluding hydrogens is 284 g/mol. The lowest BCUT2D eigenvalue weighted by molar-refractivity contribution is -0.448. The van der Waals surface area contributed by atoms with Gasteiger partial charge < -0.3 is 5.21 Å². The molecule has 1 amide bonds. The maximum atomic E-state index is 12.2. The molecule has 7 nitrogen and oxygen atoms in total. The van der Waals surface area contributed by atoms with Gasteiger partial charge in [-0.1, -0.05) is 23.4 Å². The molecule has 0 radical (unpaired) electrons. The van der Waals surface area contributed by atoms with E-state index >= 15 is 0 Å². The van der Waals surface area contributed by atoms with Crippen molar-refractivity contribution < 1.29 is 14.4 Å². The summed E-state index contributed by atoms with van der Waals surface area (Å²) in [6, 6.07) is 5.88. The number of amides is 1. The van der Waals surface area contributed by atoms with E-state index in [1.54, 1.807) is 13.0 Å². The van der Waals surface area contributed by atoms with Gasteiger partial charge in [0.15, 0.2) is 0 Å². The Morgan fingerprint density at radius 2 is 2.30 bits per heavy atom. The number of benzene rings is 1. The van der Waals surface area contributed by atoms with E-state index < -0.39 is 5.91 Å². The monoisotopic (exact) mass is 293 g/mol. The van der Waals surface area contributed by atoms with Gasteiger partial charge in [0.2, 0.25) is 11.2 Å². The van der Waals surface area contributed by atoms with Crippen LogP contribution in [0.2, 0.25) is 5.02 Å². The van der Waals surface area contributed by atoms with Crippen molar-refractivity contribution in [3.63, 3.8) is 0 Å². The number of rotatable bonds is 2. The SMILES string of the molecule is CCC(=O)Nc1c(C#N)n(O)c2cc(Cl)ccc2[n+]1=O. The van der Waals surface area contributed by atoms with Crippen LogP contribution in [0.4, 0.5) is 5.82 Å². The average molecular weight is 294 g/mol. The zero-order valence-electron chi connectivity index (χ0n) is 10.4. The van der Waals surface area contributed by atoms with Gasteiger partial charge >= 0.3 is 11.7 Å². The number of nitriles is 1. The van der Waals surface area contributed by atoms with Gasteiger partial charge in [-0.15, -0.1) is 0 Å². The third kappa shape index (κ3) is 2.17. The van der Waals surface area contributed by atoms with Crippen molar-refractivity contribution in [1.29, 1.82) is 5.26 Å². The minimum absolute atomic E-state index is 0.0681. The molecular formula is C12H10ClN4O3+. The molecule has 2 aromatic rings. The number of aromatic nitrogens is 2. The number of hydrogen-bond acceptors (Lipinski definition) is 4. The number of nitrogens with one attached hydrogen (secondary N) is 1. The van der Waals surface area contributed by atoms with Crippen molar-refractivity contribution in [2.75, 3.05) is 5.32 Å². The predicted molar refractivity (Wildman–Crippen MR) is 71.1 cm³/mol. The second-order valence-electron chi connectivity index (χ2n) is 3.95. The number of fused-ring (bicyclic) bond motifs is 1. The van der Waals surface area contributed by atoms with Crippen LogP contribution in [0.5, 0.6) is 0 Å². The summed E-state index contributed by atoms with van der Waals surface area (Å²) in [4.78, 5) is 23.6. The van der Waals surface area contributed by atoms with Crippen LogP contribution in [0.15, 0.2) is 18.2 Å². The molecule has 2 rings (SSSR count). The number of hydrogen-bond donors (Lipinski definition) is 2. The van der Waals surface area contributed by atoms with Crippen LogP contribution in [-0.2, 0) is 4.79 Å². The zero-order chi connectivity index (χ0) is 14.9. The largest absolute Gasteiger partial charge is 0.427 e. The highest BCUT2D eigenvalue weighted by Gasteiger charge is 2.25. The topological polar surface area (TPSA) is 101 Å². The number of halogens is 1. The molecule has 1 aromatic heterocycles. The Morgan fingerprint density at radius 3 is 2.90 bits per heavy atom. The van der Waals surface area contributed by atoms with E-state index in [1.807, 2.05) is 0 Å². The first-order valence-electron chi connectivity index (χ1n) is 5.69. The standard InChI is InChI=1S/C12H9ClN4O3/c1-2-11(18)15-12-10(6-14)16(19)9-5-7(13)3-4-8(9)17(12)20/h3-5,19H,2H2,1H3/p+1. The van der Waals surface area contributed by atoms with Gasteiger partial charge in [0.05, 0.1) is 0 Å². The van der Waals surface area contributed by atoms with Crippen LogP contribution >= 0.6 is 11.6 Å². The summed E-state index contributed by atoms with van der Waals surface area (Å²) in [7, 11) is 0. The first kappa shape index (κ1) is 13.8. The maximum absolute atomic E-state index is 12.2. The highest BCUT2D eigenvalue weighted by molar-refractivity contribution is 6.31. The van der Waals surface area contributed by atoms with E-state index in [0.717, 1.165) is 0 Å². The fourth-order valence-electron chi connectivity index (χ4n) is 1.71. The van der Waals surface area contributed by atoms with Crippen molar-refractivity contribution in [1.82, 2.24) is 4.73 Å². The van der Waals surface area contributed by atoms with Gasteiger partial charge in [-0.25, -0.2) is 10.1 Å². The molecule has 8 heteroatoms. The molecule has 1 aromatic carbocycles. The van der Waals surface area contributed by atoms with Crippen LogP contribution in [0.1, 0.15) is 19.0 Å². The van der Waals surface area contributed by atoms with Crippen LogP contribution in [-0.4, -0.2) is 15.8 Å². The Balaban J connectivity index is 2.85. The second-order valence-corrected chi connectivity index (χ2v) is 4.39. The summed E-state index contributed by atoms with van der Waals surface area (Å²) < 4.78 is 0.908. The molecule has 1 heterocycles. The molecule has 0 atom stereocenters. The average Bonchev–Trinajstić information content (AvgIpc) is 2.44. The molecule has 2 N–H and O–H groups in total. The summed E-state index contributed by atoms with van der Waals surface area (Å²) in [5.74, 6) is -0.768. The number of anilines is 1. The number of carbonyl (C=O) groups excluding carboxylic acids is 1. The molecule has 0 aliphatic heterocycles. The molecule has 0 unspecified atom stereocenters. The number of nitrogens with zero attached hydrogens (tertiary/aromatic N) is 3. The Labute approximate surface area is 118 Å². The molecule has 0 aliphatic rings. The summed E-state index contributed by atoms with van der Waals surface area (Å²) in [5, 5.41) is 21.7. The first-order valence-corrected chi connectivity index (χ1v) is 6.07. The Bertz CT molecular complexity index is 807. The molecule has 102 valence electrons. The molecule has 0 bridgehead atoms. The Kier molecular flexibility index (Phi) is 3.59. The van der Waals surface area contributed by atoms with Crippen molar-refractivity contribution in [2.45, 2.75) is 13.3 Å². The fraction of sp³-hybridized carbons (Fsp3) is 0.167. The third-order valence-electron chi connectivity index (χ3n) is 2.71. The molecule has 0 aliphatic carbocycles. The van der Waals surface area contributed by atoms with E-state index in [9.17, 15) is 14.9 Å². The molecule has 0 spiro atoms. The van der Waals surface area contributed by atoms with Gasteiger partial charge in [0.25, 0.3) is 0 Å². The summed E-state index contributed by atoms with van der Waals surface area (Å²) >= 11 is 5.80. The molecule has 0 saturated heterocycles. The van der Waals surface area contributed by atoms with Crippen LogP contribution in [0, 0.1) is 16.2 Å². The summed E-state index contributed by atoms with van der Waals surface area (Å²) in [6.45, 7) is 1.60. The normalized spacial score (nSPS) is 10.2. The molecule has 0 fully saturated rings. The third-order valence-corrected chi connectivity index (χ3v) is 2.94. The van der Waals surface area contributed by atoms with Gasteiger partial charge in [0, 0.05) is 15.9 Å². The lowest BCUT2D eigenvalue weighted by Gasteiger charge is -2.06. The molecule has 0 saturated carbocycles. The van der Waals surface area contributed by atoms with Crippen molar-refractivity contribution in [3.05, 3.63) is 33.8 Å². The van der Waals surface area contributed by atoms with Gasteiger partial charge in [-0.05, 0) is 18.2 Å². The smallest absolute Gasteiger partial charge is 0.365 e. The Hall–Kier alpha value is -2.59. The van der Waals surface area contributed by atoms with Crippen molar-refractivity contribution in [2.24, 2.45) is 0 Å². The zero-order valence-corrected chi connectivity index (χ0v) is 11.2. The number of carbonyl (C=O) groups is 1. The van der Waals surface area contributed by atoms with Crippen LogP contribution < -0.4 is 9.74 Å². The van der Waals surface area contributed by atoms with E-state index in [4.69, 9.17) is 16.9 Å². The van der Waals surface area contributed by atoms with Gasteiger partial charge in [0.1, 0.15) is 11.6 Å². The van der Waals surface area contributed by atoms with E-state index in [0.29, 0.717) is 14.2 Å². The Morgan fingerprint density at radius 1 is 1.60 bits per heavy atom. The van der Waals surface area contributed by atoms with Crippen molar-refractivity contribution in [3.8, 4) is 6.07 Å². The summed E-state index contributed by atoms with van der Waals surface area (Å²) in [5.41, 5.74) is -0.239. The lowest BCUT2D eigenvalue weighted by Crippen LogP contribution is -2.29. The first-order chi connectivity index (χ1) is 9.49. The minimum atomic E-state index is -0.445. The highest BCUT2D eigenvalue weighted by atomic mass is 35.5. The minimum Gasteiger partial charge on any atom is -0.427 e. The highest BCUT2D eigenvalue weighted by Crippen LogP contribution is 2.20. The predicted octanol–water partition coefficient (Wildman–Crippen LogP) is 1.67. The summed E-state index contributed by atoms with van der Waals surface area (Å²) in [6.07, 6.45) is 0.134. The molecule has 20 heavy (non-hydrogen) atoms. The van der Waals surface area contributed by atoms with Gasteiger partial charge in [-0.2, -0.15) is 9.99 Å². The van der Waals surface area contributed by atoms with E-state index in [2.05, 4.69) is 5.32 Å².